The first-order valence-corrected chi connectivity index (χ1v) is 8.94. The van der Waals surface area contributed by atoms with Crippen molar-refractivity contribution in [3.8, 4) is 0 Å². The molecule has 0 aromatic rings. The Hall–Kier alpha value is -0.290. The van der Waals surface area contributed by atoms with Crippen molar-refractivity contribution in [2.24, 2.45) is 28.6 Å². The molecule has 23 heavy (non-hydrogen) atoms. The van der Waals surface area contributed by atoms with Crippen molar-refractivity contribution in [2.75, 3.05) is 26.2 Å². The van der Waals surface area contributed by atoms with Crippen molar-refractivity contribution in [3.05, 3.63) is 0 Å². The van der Waals surface area contributed by atoms with E-state index in [2.05, 4.69) is 24.1 Å². The fourth-order valence-electron chi connectivity index (χ4n) is 5.60. The topological polar surface area (TPSA) is 15.3 Å². The number of likely N-dealkylation sites (tertiary alicyclic amines) is 1. The molecule has 3 fully saturated rings. The zero-order valence-corrected chi connectivity index (χ0v) is 15.1. The van der Waals surface area contributed by atoms with Crippen LogP contribution >= 0.6 is 0 Å². The molecule has 1 saturated carbocycles. The highest BCUT2D eigenvalue weighted by Gasteiger charge is 2.64. The summed E-state index contributed by atoms with van der Waals surface area (Å²) in [5, 5.41) is 3.41. The SMILES string of the molecule is CC(C)(C1C2CNCC21)N1CCC(C(C)(C)C)(C(F)(F)F)CC1. The van der Waals surface area contributed by atoms with Crippen LogP contribution < -0.4 is 5.32 Å². The number of piperidine rings is 2. The van der Waals surface area contributed by atoms with Gasteiger partial charge in [-0.15, -0.1) is 0 Å². The molecule has 134 valence electrons. The summed E-state index contributed by atoms with van der Waals surface area (Å²) in [7, 11) is 0. The minimum absolute atomic E-state index is 0.0209. The van der Waals surface area contributed by atoms with Gasteiger partial charge in [-0.3, -0.25) is 4.90 Å². The van der Waals surface area contributed by atoms with E-state index in [9.17, 15) is 13.2 Å². The van der Waals surface area contributed by atoms with Crippen molar-refractivity contribution in [1.29, 1.82) is 0 Å². The molecule has 1 N–H and O–H groups in total. The van der Waals surface area contributed by atoms with E-state index in [0.717, 1.165) is 24.9 Å². The van der Waals surface area contributed by atoms with Gasteiger partial charge in [0, 0.05) is 5.54 Å². The van der Waals surface area contributed by atoms with Gasteiger partial charge in [0.1, 0.15) is 0 Å². The summed E-state index contributed by atoms with van der Waals surface area (Å²) in [6.07, 6.45) is -3.67. The molecule has 2 nitrogen and oxygen atoms in total. The lowest BCUT2D eigenvalue weighted by molar-refractivity contribution is -0.275. The highest BCUT2D eigenvalue weighted by atomic mass is 19.4. The van der Waals surface area contributed by atoms with Crippen LogP contribution in [0.15, 0.2) is 0 Å². The molecule has 0 aromatic heterocycles. The van der Waals surface area contributed by atoms with Crippen LogP contribution in [0.4, 0.5) is 13.2 Å². The van der Waals surface area contributed by atoms with Crippen molar-refractivity contribution in [3.63, 3.8) is 0 Å². The van der Waals surface area contributed by atoms with Crippen LogP contribution in [0.1, 0.15) is 47.5 Å². The molecule has 2 atom stereocenters. The Morgan fingerprint density at radius 2 is 1.39 bits per heavy atom. The standard InChI is InChI=1S/C18H31F3N2/c1-15(2,3)17(18(19,20)21)6-8-23(9-7-17)16(4,5)14-12-10-22-11-13(12)14/h12-14,22H,6-11H2,1-5H3. The predicted octanol–water partition coefficient (Wildman–Crippen LogP) is 3.92. The van der Waals surface area contributed by atoms with Gasteiger partial charge in [-0.05, 0) is 76.0 Å². The molecular weight excluding hydrogens is 301 g/mol. The molecule has 0 bridgehead atoms. The Labute approximate surface area is 138 Å². The number of alkyl halides is 3. The molecule has 0 aromatic carbocycles. The number of hydrogen-bond acceptors (Lipinski definition) is 2. The van der Waals surface area contributed by atoms with Crippen LogP contribution in [0.5, 0.6) is 0 Å². The van der Waals surface area contributed by atoms with E-state index in [1.165, 1.54) is 0 Å². The Morgan fingerprint density at radius 1 is 0.913 bits per heavy atom. The third-order valence-corrected chi connectivity index (χ3v) is 7.32. The maximum Gasteiger partial charge on any atom is 0.395 e. The number of halogens is 3. The number of fused-ring (bicyclic) bond motifs is 1. The highest BCUT2D eigenvalue weighted by Crippen LogP contribution is 2.60. The summed E-state index contributed by atoms with van der Waals surface area (Å²) in [6, 6.07) is 0. The lowest BCUT2D eigenvalue weighted by Crippen LogP contribution is -2.59. The molecule has 0 spiro atoms. The van der Waals surface area contributed by atoms with E-state index < -0.39 is 17.0 Å². The molecule has 2 saturated heterocycles. The monoisotopic (exact) mass is 332 g/mol. The van der Waals surface area contributed by atoms with E-state index in [1.807, 2.05) is 0 Å². The van der Waals surface area contributed by atoms with Gasteiger partial charge in [0.05, 0.1) is 5.41 Å². The molecule has 3 rings (SSSR count). The van der Waals surface area contributed by atoms with E-state index in [4.69, 9.17) is 0 Å². The maximum atomic E-state index is 13.8. The highest BCUT2D eigenvalue weighted by molar-refractivity contribution is 5.14. The van der Waals surface area contributed by atoms with Gasteiger partial charge in [-0.1, -0.05) is 20.8 Å². The first-order chi connectivity index (χ1) is 10.4. The zero-order chi connectivity index (χ0) is 17.3. The van der Waals surface area contributed by atoms with Crippen molar-refractivity contribution in [1.82, 2.24) is 10.2 Å². The molecule has 2 unspecified atom stereocenters. The molecule has 5 heteroatoms. The average molecular weight is 332 g/mol. The molecule has 2 heterocycles. The Bertz CT molecular complexity index is 430. The minimum atomic E-state index is -4.12. The van der Waals surface area contributed by atoms with E-state index >= 15 is 0 Å². The fourth-order valence-corrected chi connectivity index (χ4v) is 5.60. The summed E-state index contributed by atoms with van der Waals surface area (Å²) in [5.41, 5.74) is -2.28. The van der Waals surface area contributed by atoms with E-state index in [0.29, 0.717) is 19.0 Å². The van der Waals surface area contributed by atoms with Gasteiger partial charge in [0.25, 0.3) is 0 Å². The Morgan fingerprint density at radius 3 is 1.78 bits per heavy atom. The van der Waals surface area contributed by atoms with Gasteiger partial charge in [0.2, 0.25) is 0 Å². The van der Waals surface area contributed by atoms with Gasteiger partial charge >= 0.3 is 6.18 Å². The van der Waals surface area contributed by atoms with Crippen LogP contribution in [0.2, 0.25) is 0 Å². The lowest BCUT2D eigenvalue weighted by atomic mass is 9.60. The zero-order valence-electron chi connectivity index (χ0n) is 15.1. The minimum Gasteiger partial charge on any atom is -0.316 e. The normalized spacial score (nSPS) is 35.2. The number of nitrogens with zero attached hydrogens (tertiary/aromatic N) is 1. The van der Waals surface area contributed by atoms with Crippen molar-refractivity contribution in [2.45, 2.75) is 59.2 Å². The number of nitrogens with one attached hydrogen (secondary N) is 1. The molecule has 1 aliphatic carbocycles. The summed E-state index contributed by atoms with van der Waals surface area (Å²) in [5.74, 6) is 2.13. The third kappa shape index (κ3) is 2.53. The second kappa shape index (κ2) is 5.10. The van der Waals surface area contributed by atoms with Crippen molar-refractivity contribution < 1.29 is 13.2 Å². The van der Waals surface area contributed by atoms with E-state index in [-0.39, 0.29) is 18.4 Å². The van der Waals surface area contributed by atoms with Crippen molar-refractivity contribution >= 4 is 0 Å². The lowest BCUT2D eigenvalue weighted by Gasteiger charge is -2.53. The molecule has 2 aliphatic heterocycles. The summed E-state index contributed by atoms with van der Waals surface area (Å²) < 4.78 is 41.5. The Balaban J connectivity index is 1.72. The number of hydrogen-bond donors (Lipinski definition) is 1. The van der Waals surface area contributed by atoms with Gasteiger partial charge in [-0.25, -0.2) is 0 Å². The predicted molar refractivity (Wildman–Crippen MR) is 86.2 cm³/mol. The quantitative estimate of drug-likeness (QED) is 0.824. The maximum absolute atomic E-state index is 13.8. The first kappa shape index (κ1) is 17.5. The Kier molecular flexibility index (Phi) is 3.89. The third-order valence-electron chi connectivity index (χ3n) is 7.32. The van der Waals surface area contributed by atoms with Gasteiger partial charge in [-0.2, -0.15) is 13.2 Å². The summed E-state index contributed by atoms with van der Waals surface area (Å²) in [6.45, 7) is 13.0. The van der Waals surface area contributed by atoms with Crippen LogP contribution in [-0.2, 0) is 0 Å². The summed E-state index contributed by atoms with van der Waals surface area (Å²) in [4.78, 5) is 2.34. The fraction of sp³-hybridized carbons (Fsp3) is 1.00. The first-order valence-electron chi connectivity index (χ1n) is 8.94. The largest absolute Gasteiger partial charge is 0.395 e. The van der Waals surface area contributed by atoms with Crippen LogP contribution in [-0.4, -0.2) is 42.8 Å². The second-order valence-corrected chi connectivity index (χ2v) is 9.48. The second-order valence-electron chi connectivity index (χ2n) is 9.48. The van der Waals surface area contributed by atoms with Crippen LogP contribution in [0.3, 0.4) is 0 Å². The van der Waals surface area contributed by atoms with E-state index in [1.54, 1.807) is 20.8 Å². The van der Waals surface area contributed by atoms with Gasteiger partial charge in [0.15, 0.2) is 0 Å². The van der Waals surface area contributed by atoms with Crippen LogP contribution in [0.25, 0.3) is 0 Å². The molecule has 0 amide bonds. The van der Waals surface area contributed by atoms with Gasteiger partial charge < -0.3 is 5.32 Å². The average Bonchev–Trinajstić information content (AvgIpc) is 2.93. The smallest absolute Gasteiger partial charge is 0.316 e. The van der Waals surface area contributed by atoms with Crippen LogP contribution in [0, 0.1) is 28.6 Å². The summed E-state index contributed by atoms with van der Waals surface area (Å²) >= 11 is 0. The molecule has 3 aliphatic rings. The molecule has 0 radical (unpaired) electrons. The number of rotatable bonds is 2. The molecular formula is C18H31F3N2.